The van der Waals surface area contributed by atoms with Crippen LogP contribution in [-0.4, -0.2) is 11.6 Å². The number of hydrogen-bond donors (Lipinski definition) is 0. The van der Waals surface area contributed by atoms with Crippen LogP contribution in [0.5, 0.6) is 0 Å². The number of rotatable bonds is 5. The second kappa shape index (κ2) is 5.28. The minimum Gasteiger partial charge on any atom is -0.299 e. The molecule has 0 saturated heterocycles. The second-order valence-corrected chi connectivity index (χ2v) is 5.15. The highest BCUT2D eigenvalue weighted by Gasteiger charge is 2.20. The highest BCUT2D eigenvalue weighted by molar-refractivity contribution is 5.85. The molecule has 0 unspecified atom stereocenters. The van der Waals surface area contributed by atoms with Gasteiger partial charge in [0.25, 0.3) is 0 Å². The summed E-state index contributed by atoms with van der Waals surface area (Å²) in [4.78, 5) is 22.8. The first-order chi connectivity index (χ1) is 6.25. The molecule has 0 atom stereocenters. The summed E-state index contributed by atoms with van der Waals surface area (Å²) in [5.41, 5.74) is -0.263. The van der Waals surface area contributed by atoms with Crippen molar-refractivity contribution in [3.05, 3.63) is 0 Å². The van der Waals surface area contributed by atoms with Crippen LogP contribution >= 0.6 is 0 Å². The normalized spacial score (nSPS) is 11.9. The van der Waals surface area contributed by atoms with Crippen LogP contribution in [-0.2, 0) is 9.59 Å². The molecule has 0 bridgehead atoms. The maximum atomic E-state index is 11.5. The van der Waals surface area contributed by atoms with Crippen LogP contribution in [0.1, 0.15) is 53.9 Å². The fourth-order valence-electron chi connectivity index (χ4n) is 1.09. The Morgan fingerprint density at radius 1 is 1.07 bits per heavy atom. The van der Waals surface area contributed by atoms with Gasteiger partial charge in [0.05, 0.1) is 0 Å². The highest BCUT2D eigenvalue weighted by atomic mass is 16.1. The average Bonchev–Trinajstić information content (AvgIpc) is 2.01. The van der Waals surface area contributed by atoms with E-state index in [9.17, 15) is 9.59 Å². The quantitative estimate of drug-likeness (QED) is 0.680. The summed E-state index contributed by atoms with van der Waals surface area (Å²) >= 11 is 0. The third-order valence-electron chi connectivity index (χ3n) is 2.31. The molecular formula is C12H22O2. The summed E-state index contributed by atoms with van der Waals surface area (Å²) < 4.78 is 0. The number of carbonyl (C=O) groups excluding carboxylic acids is 2. The van der Waals surface area contributed by atoms with Gasteiger partial charge in [-0.3, -0.25) is 9.59 Å². The molecule has 0 radical (unpaired) electrons. The summed E-state index contributed by atoms with van der Waals surface area (Å²) in [6, 6.07) is 0. The van der Waals surface area contributed by atoms with E-state index in [1.807, 2.05) is 34.6 Å². The van der Waals surface area contributed by atoms with Gasteiger partial charge in [-0.25, -0.2) is 0 Å². The number of Topliss-reactive ketones (excluding diaryl/α,β-unsaturated/α-hetero) is 2. The maximum absolute atomic E-state index is 11.5. The van der Waals surface area contributed by atoms with Crippen LogP contribution in [0.15, 0.2) is 0 Å². The predicted octanol–water partition coefficient (Wildman–Crippen LogP) is 3.00. The predicted molar refractivity (Wildman–Crippen MR) is 58.2 cm³/mol. The number of hydrogen-bond acceptors (Lipinski definition) is 2. The van der Waals surface area contributed by atoms with Crippen LogP contribution in [0.2, 0.25) is 0 Å². The minimum absolute atomic E-state index is 0.0970. The van der Waals surface area contributed by atoms with E-state index in [-0.39, 0.29) is 22.9 Å². The van der Waals surface area contributed by atoms with E-state index in [2.05, 4.69) is 0 Å². The van der Waals surface area contributed by atoms with Crippen LogP contribution in [0.3, 0.4) is 0 Å². The zero-order valence-electron chi connectivity index (χ0n) is 10.0. The van der Waals surface area contributed by atoms with Crippen molar-refractivity contribution < 1.29 is 9.59 Å². The van der Waals surface area contributed by atoms with Gasteiger partial charge in [0.15, 0.2) is 0 Å². The van der Waals surface area contributed by atoms with E-state index in [0.29, 0.717) is 19.3 Å². The second-order valence-electron chi connectivity index (χ2n) is 5.15. The lowest BCUT2D eigenvalue weighted by molar-refractivity contribution is -0.126. The summed E-state index contributed by atoms with van der Waals surface area (Å²) in [6.07, 6.45) is 1.77. The Morgan fingerprint density at radius 3 is 1.93 bits per heavy atom. The Hall–Kier alpha value is -0.660. The van der Waals surface area contributed by atoms with E-state index in [1.54, 1.807) is 0 Å². The van der Waals surface area contributed by atoms with Gasteiger partial charge >= 0.3 is 0 Å². The van der Waals surface area contributed by atoms with Crippen molar-refractivity contribution in [3.8, 4) is 0 Å². The van der Waals surface area contributed by atoms with Crippen molar-refractivity contribution in [3.63, 3.8) is 0 Å². The first-order valence-corrected chi connectivity index (χ1v) is 5.31. The zero-order chi connectivity index (χ0) is 11.4. The summed E-state index contributed by atoms with van der Waals surface area (Å²) in [6.45, 7) is 9.54. The van der Waals surface area contributed by atoms with E-state index in [4.69, 9.17) is 0 Å². The molecule has 82 valence electrons. The van der Waals surface area contributed by atoms with Gasteiger partial charge in [-0.15, -0.1) is 0 Å². The van der Waals surface area contributed by atoms with Crippen molar-refractivity contribution in [2.45, 2.75) is 53.9 Å². The highest BCUT2D eigenvalue weighted by Crippen LogP contribution is 2.18. The van der Waals surface area contributed by atoms with Gasteiger partial charge in [0.2, 0.25) is 0 Å². The lowest BCUT2D eigenvalue weighted by atomic mass is 9.87. The van der Waals surface area contributed by atoms with Gasteiger partial charge in [-0.2, -0.15) is 0 Å². The number of ketones is 2. The molecule has 0 N–H and O–H groups in total. The Bertz CT molecular complexity index is 209. The summed E-state index contributed by atoms with van der Waals surface area (Å²) in [5.74, 6) is 0.598. The Labute approximate surface area is 87.1 Å². The maximum Gasteiger partial charge on any atom is 0.138 e. The Morgan fingerprint density at radius 2 is 1.57 bits per heavy atom. The molecule has 2 nitrogen and oxygen atoms in total. The molecular weight excluding hydrogens is 176 g/mol. The molecule has 0 aliphatic heterocycles. The van der Waals surface area contributed by atoms with Crippen LogP contribution in [0.4, 0.5) is 0 Å². The van der Waals surface area contributed by atoms with Crippen molar-refractivity contribution in [2.75, 3.05) is 0 Å². The molecule has 0 heterocycles. The topological polar surface area (TPSA) is 34.1 Å². The molecule has 0 saturated carbocycles. The van der Waals surface area contributed by atoms with Crippen LogP contribution < -0.4 is 0 Å². The molecule has 0 spiro atoms. The minimum atomic E-state index is -0.263. The molecule has 0 aromatic rings. The molecule has 14 heavy (non-hydrogen) atoms. The fraction of sp³-hybridized carbons (Fsp3) is 0.833. The first kappa shape index (κ1) is 13.3. The Balaban J connectivity index is 3.76. The first-order valence-electron chi connectivity index (χ1n) is 5.31. The molecule has 0 amide bonds. The monoisotopic (exact) mass is 198 g/mol. The van der Waals surface area contributed by atoms with E-state index in [0.717, 1.165) is 0 Å². The largest absolute Gasteiger partial charge is 0.299 e. The van der Waals surface area contributed by atoms with Crippen molar-refractivity contribution >= 4 is 11.6 Å². The molecule has 0 aliphatic rings. The summed E-state index contributed by atoms with van der Waals surface area (Å²) in [7, 11) is 0. The van der Waals surface area contributed by atoms with Crippen LogP contribution in [0.25, 0.3) is 0 Å². The molecule has 2 heteroatoms. The van der Waals surface area contributed by atoms with Gasteiger partial charge in [-0.1, -0.05) is 34.6 Å². The average molecular weight is 198 g/mol. The smallest absolute Gasteiger partial charge is 0.138 e. The lowest BCUT2D eigenvalue weighted by Gasteiger charge is -2.16. The Kier molecular flexibility index (Phi) is 5.03. The van der Waals surface area contributed by atoms with Gasteiger partial charge in [0.1, 0.15) is 11.6 Å². The standard InChI is InChI=1S/C12H22O2/c1-9(2)10(13)7-6-8-11(14)12(3,4)5/h9H,6-8H2,1-5H3. The third kappa shape index (κ3) is 5.15. The molecule has 0 fully saturated rings. The van der Waals surface area contributed by atoms with Crippen molar-refractivity contribution in [1.29, 1.82) is 0 Å². The fourth-order valence-corrected chi connectivity index (χ4v) is 1.09. The summed E-state index contributed by atoms with van der Waals surface area (Å²) in [5, 5.41) is 0. The zero-order valence-corrected chi connectivity index (χ0v) is 10.0. The van der Waals surface area contributed by atoms with Crippen LogP contribution in [0, 0.1) is 11.3 Å². The van der Waals surface area contributed by atoms with E-state index < -0.39 is 0 Å². The van der Waals surface area contributed by atoms with Crippen molar-refractivity contribution in [2.24, 2.45) is 11.3 Å². The van der Waals surface area contributed by atoms with E-state index in [1.165, 1.54) is 0 Å². The van der Waals surface area contributed by atoms with Gasteiger partial charge in [0, 0.05) is 24.2 Å². The molecule has 0 aromatic heterocycles. The lowest BCUT2D eigenvalue weighted by Crippen LogP contribution is -2.20. The molecule has 0 aromatic carbocycles. The van der Waals surface area contributed by atoms with Gasteiger partial charge in [-0.05, 0) is 6.42 Å². The molecule has 0 aliphatic carbocycles. The van der Waals surface area contributed by atoms with Crippen molar-refractivity contribution in [1.82, 2.24) is 0 Å². The van der Waals surface area contributed by atoms with Gasteiger partial charge < -0.3 is 0 Å². The molecule has 0 rings (SSSR count). The number of carbonyl (C=O) groups is 2. The van der Waals surface area contributed by atoms with E-state index >= 15 is 0 Å². The third-order valence-corrected chi connectivity index (χ3v) is 2.31. The SMILES string of the molecule is CC(C)C(=O)CCCC(=O)C(C)(C)C.